The number of nitrogens with two attached hydrogens (primary N) is 1. The van der Waals surface area contributed by atoms with Gasteiger partial charge in [-0.2, -0.15) is 0 Å². The second-order valence-electron chi connectivity index (χ2n) is 6.87. The average Bonchev–Trinajstić information content (AvgIpc) is 2.95. The van der Waals surface area contributed by atoms with Gasteiger partial charge in [-0.25, -0.2) is 13.8 Å². The third-order valence-corrected chi connectivity index (χ3v) is 4.84. The Morgan fingerprint density at radius 2 is 2.12 bits per heavy atom. The molecule has 0 saturated carbocycles. The van der Waals surface area contributed by atoms with Gasteiger partial charge in [0, 0.05) is 19.3 Å². The molecule has 1 fully saturated rings. The summed E-state index contributed by atoms with van der Waals surface area (Å²) in [5, 5.41) is 0. The number of fused-ring (bicyclic) bond motifs is 1. The molecule has 26 heavy (non-hydrogen) atoms. The van der Waals surface area contributed by atoms with Crippen LogP contribution in [0.4, 0.5) is 14.7 Å². The van der Waals surface area contributed by atoms with Crippen molar-refractivity contribution in [3.8, 4) is 0 Å². The molecule has 2 aromatic heterocycles. The van der Waals surface area contributed by atoms with Gasteiger partial charge in [-0.1, -0.05) is 0 Å². The number of benzene rings is 1. The van der Waals surface area contributed by atoms with Crippen molar-refractivity contribution in [2.24, 2.45) is 5.73 Å². The van der Waals surface area contributed by atoms with Crippen LogP contribution in [-0.2, 0) is 6.54 Å². The van der Waals surface area contributed by atoms with Crippen LogP contribution in [0.2, 0.25) is 0 Å². The zero-order chi connectivity index (χ0) is 18.3. The number of imidazole rings is 1. The highest BCUT2D eigenvalue weighted by Crippen LogP contribution is 2.27. The number of anilines is 1. The summed E-state index contributed by atoms with van der Waals surface area (Å²) in [6, 6.07) is 7.91. The number of halogens is 2. The van der Waals surface area contributed by atoms with Crippen LogP contribution in [0, 0.1) is 12.7 Å². The topological polar surface area (TPSA) is 60.0 Å². The summed E-state index contributed by atoms with van der Waals surface area (Å²) in [6.45, 7) is 3.38. The van der Waals surface area contributed by atoms with E-state index in [0.717, 1.165) is 11.3 Å². The van der Waals surface area contributed by atoms with Crippen molar-refractivity contribution in [1.82, 2.24) is 14.5 Å². The number of hydrogen-bond acceptors (Lipinski definition) is 4. The number of hydrogen-bond donors (Lipinski definition) is 1. The molecule has 3 heterocycles. The summed E-state index contributed by atoms with van der Waals surface area (Å²) in [6.07, 6.45) is 1.12. The molecule has 1 aromatic carbocycles. The van der Waals surface area contributed by atoms with Gasteiger partial charge in [0.2, 0.25) is 5.95 Å². The number of piperidine rings is 1. The first-order chi connectivity index (χ1) is 12.5. The molecule has 3 aromatic rings. The third kappa shape index (κ3) is 3.14. The fraction of sp³-hybridized carbons (Fsp3) is 0.368. The minimum Gasteiger partial charge on any atom is -0.340 e. The van der Waals surface area contributed by atoms with E-state index in [1.54, 1.807) is 12.3 Å². The van der Waals surface area contributed by atoms with Gasteiger partial charge in [-0.3, -0.25) is 4.98 Å². The van der Waals surface area contributed by atoms with E-state index < -0.39 is 12.2 Å². The summed E-state index contributed by atoms with van der Waals surface area (Å²) in [4.78, 5) is 11.1. The lowest BCUT2D eigenvalue weighted by Gasteiger charge is -2.34. The zero-order valence-corrected chi connectivity index (χ0v) is 14.6. The molecule has 2 atom stereocenters. The van der Waals surface area contributed by atoms with Gasteiger partial charge < -0.3 is 15.2 Å². The Morgan fingerprint density at radius 1 is 1.27 bits per heavy atom. The molecular weight excluding hydrogens is 336 g/mol. The summed E-state index contributed by atoms with van der Waals surface area (Å²) in [7, 11) is 0. The standard InChI is InChI=1S/C19H21F2N5/c1-12-4-6-23-14(8-12)10-26-18-9-13(20)2-3-17(18)24-19(26)25-7-5-15(21)16(22)11-25/h2-4,6,8-9,15-16H,5,7,10-11,22H2,1H3/t15-,16-/m1/s1. The molecule has 0 radical (unpaired) electrons. The molecule has 1 aliphatic rings. The van der Waals surface area contributed by atoms with Crippen LogP contribution >= 0.6 is 0 Å². The molecule has 2 N–H and O–H groups in total. The molecule has 0 spiro atoms. The van der Waals surface area contributed by atoms with Crippen LogP contribution in [-0.4, -0.2) is 39.8 Å². The van der Waals surface area contributed by atoms with Gasteiger partial charge in [-0.05, 0) is 49.2 Å². The SMILES string of the molecule is Cc1ccnc(Cn2c(N3CC[C@@H](F)[C@H](N)C3)nc3ccc(F)cc32)c1. The number of pyridine rings is 1. The largest absolute Gasteiger partial charge is 0.340 e. The first-order valence-electron chi connectivity index (χ1n) is 8.73. The number of nitrogens with zero attached hydrogens (tertiary/aromatic N) is 4. The van der Waals surface area contributed by atoms with E-state index in [0.29, 0.717) is 43.0 Å². The lowest BCUT2D eigenvalue weighted by Crippen LogP contribution is -2.50. The van der Waals surface area contributed by atoms with Crippen molar-refractivity contribution in [3.63, 3.8) is 0 Å². The van der Waals surface area contributed by atoms with E-state index in [2.05, 4.69) is 9.97 Å². The minimum atomic E-state index is -1.00. The predicted octanol–water partition coefficient (Wildman–Crippen LogP) is 2.80. The molecule has 1 saturated heterocycles. The molecule has 4 rings (SSSR count). The molecular formula is C19H21F2N5. The Labute approximate surface area is 150 Å². The van der Waals surface area contributed by atoms with E-state index in [1.165, 1.54) is 12.1 Å². The Bertz CT molecular complexity index is 939. The quantitative estimate of drug-likeness (QED) is 0.783. The first kappa shape index (κ1) is 16.9. The Kier molecular flexibility index (Phi) is 4.32. The molecule has 1 aliphatic heterocycles. The maximum absolute atomic E-state index is 13.8. The predicted molar refractivity (Wildman–Crippen MR) is 97.5 cm³/mol. The van der Waals surface area contributed by atoms with Crippen molar-refractivity contribution in [2.75, 3.05) is 18.0 Å². The number of alkyl halides is 1. The Hall–Kier alpha value is -2.54. The molecule has 136 valence electrons. The average molecular weight is 357 g/mol. The van der Waals surface area contributed by atoms with Gasteiger partial charge in [0.25, 0.3) is 0 Å². The number of aromatic nitrogens is 3. The minimum absolute atomic E-state index is 0.318. The summed E-state index contributed by atoms with van der Waals surface area (Å²) in [5.74, 6) is 0.359. The van der Waals surface area contributed by atoms with Crippen molar-refractivity contribution in [2.45, 2.75) is 32.1 Å². The smallest absolute Gasteiger partial charge is 0.206 e. The lowest BCUT2D eigenvalue weighted by molar-refractivity contribution is 0.243. The second-order valence-corrected chi connectivity index (χ2v) is 6.87. The number of aryl methyl sites for hydroxylation is 1. The van der Waals surface area contributed by atoms with E-state index in [-0.39, 0.29) is 5.82 Å². The van der Waals surface area contributed by atoms with Gasteiger partial charge in [0.1, 0.15) is 12.0 Å². The normalized spacial score (nSPS) is 20.7. The van der Waals surface area contributed by atoms with Crippen molar-refractivity contribution < 1.29 is 8.78 Å². The van der Waals surface area contributed by atoms with Crippen molar-refractivity contribution in [1.29, 1.82) is 0 Å². The Morgan fingerprint density at radius 3 is 2.88 bits per heavy atom. The van der Waals surface area contributed by atoms with Gasteiger partial charge in [-0.15, -0.1) is 0 Å². The molecule has 0 unspecified atom stereocenters. The fourth-order valence-corrected chi connectivity index (χ4v) is 3.46. The summed E-state index contributed by atoms with van der Waals surface area (Å²) >= 11 is 0. The highest BCUT2D eigenvalue weighted by molar-refractivity contribution is 5.79. The number of rotatable bonds is 3. The molecule has 0 amide bonds. The monoisotopic (exact) mass is 357 g/mol. The summed E-state index contributed by atoms with van der Waals surface area (Å²) < 4.78 is 29.6. The van der Waals surface area contributed by atoms with Gasteiger partial charge in [0.05, 0.1) is 29.3 Å². The highest BCUT2D eigenvalue weighted by Gasteiger charge is 2.29. The lowest BCUT2D eigenvalue weighted by atomic mass is 10.1. The van der Waals surface area contributed by atoms with Crippen LogP contribution in [0.1, 0.15) is 17.7 Å². The maximum atomic E-state index is 13.8. The third-order valence-electron chi connectivity index (χ3n) is 4.84. The highest BCUT2D eigenvalue weighted by atomic mass is 19.1. The van der Waals surface area contributed by atoms with Crippen LogP contribution in [0.3, 0.4) is 0 Å². The van der Waals surface area contributed by atoms with Crippen LogP contribution < -0.4 is 10.6 Å². The van der Waals surface area contributed by atoms with Crippen molar-refractivity contribution >= 4 is 17.0 Å². The molecule has 7 heteroatoms. The fourth-order valence-electron chi connectivity index (χ4n) is 3.46. The van der Waals surface area contributed by atoms with Gasteiger partial charge in [0.15, 0.2) is 0 Å². The summed E-state index contributed by atoms with van der Waals surface area (Å²) in [5.41, 5.74) is 9.28. The van der Waals surface area contributed by atoms with Crippen LogP contribution in [0.5, 0.6) is 0 Å². The Balaban J connectivity index is 1.79. The van der Waals surface area contributed by atoms with Gasteiger partial charge >= 0.3 is 0 Å². The first-order valence-corrected chi connectivity index (χ1v) is 8.73. The second kappa shape index (κ2) is 6.64. The molecule has 0 bridgehead atoms. The molecule has 0 aliphatic carbocycles. The zero-order valence-electron chi connectivity index (χ0n) is 14.6. The van der Waals surface area contributed by atoms with E-state index in [1.807, 2.05) is 28.5 Å². The van der Waals surface area contributed by atoms with E-state index in [9.17, 15) is 8.78 Å². The van der Waals surface area contributed by atoms with Crippen LogP contribution in [0.15, 0.2) is 36.5 Å². The van der Waals surface area contributed by atoms with Crippen LogP contribution in [0.25, 0.3) is 11.0 Å². The van der Waals surface area contributed by atoms with E-state index >= 15 is 0 Å². The van der Waals surface area contributed by atoms with E-state index in [4.69, 9.17) is 5.73 Å². The maximum Gasteiger partial charge on any atom is 0.206 e. The van der Waals surface area contributed by atoms with Crippen molar-refractivity contribution in [3.05, 3.63) is 53.6 Å². The molecule has 5 nitrogen and oxygen atoms in total.